The second-order valence-electron chi connectivity index (χ2n) is 4.14. The van der Waals surface area contributed by atoms with Gasteiger partial charge in [0.05, 0.1) is 23.8 Å². The number of methoxy groups -OCH3 is 1. The van der Waals surface area contributed by atoms with Crippen LogP contribution in [0.1, 0.15) is 9.88 Å². The number of ether oxygens (including phenoxy) is 1. The van der Waals surface area contributed by atoms with E-state index in [9.17, 15) is 4.79 Å². The van der Waals surface area contributed by atoms with E-state index in [1.54, 1.807) is 35.1 Å². The Hall–Kier alpha value is -1.66. The topological polar surface area (TPSA) is 56.1 Å². The van der Waals surface area contributed by atoms with E-state index in [2.05, 4.69) is 10.3 Å². The van der Waals surface area contributed by atoms with E-state index >= 15 is 0 Å². The molecule has 0 aliphatic rings. The van der Waals surface area contributed by atoms with Crippen molar-refractivity contribution < 1.29 is 4.74 Å². The Balaban J connectivity index is 2.02. The summed E-state index contributed by atoms with van der Waals surface area (Å²) in [4.78, 5) is 17.0. The van der Waals surface area contributed by atoms with Crippen molar-refractivity contribution in [1.82, 2.24) is 9.55 Å². The van der Waals surface area contributed by atoms with Crippen LogP contribution in [0.25, 0.3) is 0 Å². The largest absolute Gasteiger partial charge is 0.383 e. The number of hydrogen-bond donors (Lipinski definition) is 1. The summed E-state index contributed by atoms with van der Waals surface area (Å²) in [5.74, 6) is 0. The lowest BCUT2D eigenvalue weighted by Gasteiger charge is -2.09. The Morgan fingerprint density at radius 2 is 2.32 bits per heavy atom. The summed E-state index contributed by atoms with van der Waals surface area (Å²) < 4.78 is 6.63. The van der Waals surface area contributed by atoms with E-state index in [1.165, 1.54) is 4.88 Å². The lowest BCUT2D eigenvalue weighted by molar-refractivity contribution is 0.186. The van der Waals surface area contributed by atoms with Gasteiger partial charge in [-0.15, -0.1) is 11.3 Å². The van der Waals surface area contributed by atoms with Crippen molar-refractivity contribution in [2.45, 2.75) is 20.0 Å². The fraction of sp³-hybridized carbons (Fsp3) is 0.385. The van der Waals surface area contributed by atoms with Crippen molar-refractivity contribution in [1.29, 1.82) is 0 Å². The van der Waals surface area contributed by atoms with Crippen LogP contribution in [0.3, 0.4) is 0 Å². The van der Waals surface area contributed by atoms with Gasteiger partial charge in [0.1, 0.15) is 0 Å². The van der Waals surface area contributed by atoms with Gasteiger partial charge in [-0.2, -0.15) is 0 Å². The van der Waals surface area contributed by atoms with Gasteiger partial charge >= 0.3 is 0 Å². The number of anilines is 1. The molecule has 0 atom stereocenters. The van der Waals surface area contributed by atoms with E-state index in [0.29, 0.717) is 19.7 Å². The Morgan fingerprint density at radius 1 is 1.47 bits per heavy atom. The van der Waals surface area contributed by atoms with Gasteiger partial charge in [0.15, 0.2) is 0 Å². The first-order chi connectivity index (χ1) is 9.19. The average Bonchev–Trinajstić information content (AvgIpc) is 2.82. The van der Waals surface area contributed by atoms with Crippen molar-refractivity contribution in [2.24, 2.45) is 0 Å². The molecular formula is C13H17N3O2S. The minimum Gasteiger partial charge on any atom is -0.383 e. The molecule has 19 heavy (non-hydrogen) atoms. The van der Waals surface area contributed by atoms with Gasteiger partial charge in [-0.3, -0.25) is 4.79 Å². The molecule has 2 rings (SSSR count). The first-order valence-electron chi connectivity index (χ1n) is 6.03. The molecule has 0 aromatic carbocycles. The standard InChI is InChI=1S/C13H17N3O2S/c1-10-14-7-12(19-10)8-15-11-3-4-13(17)16(9-11)5-6-18-2/h3-4,7,9,15H,5-6,8H2,1-2H3. The zero-order valence-electron chi connectivity index (χ0n) is 11.0. The number of aryl methyl sites for hydroxylation is 1. The number of nitrogens with zero attached hydrogens (tertiary/aromatic N) is 2. The van der Waals surface area contributed by atoms with Crippen LogP contribution < -0.4 is 10.9 Å². The van der Waals surface area contributed by atoms with Gasteiger partial charge in [-0.05, 0) is 13.0 Å². The SMILES string of the molecule is COCCn1cc(NCc2cnc(C)s2)ccc1=O. The lowest BCUT2D eigenvalue weighted by Crippen LogP contribution is -2.21. The average molecular weight is 279 g/mol. The third kappa shape index (κ3) is 3.90. The molecule has 0 unspecified atom stereocenters. The van der Waals surface area contributed by atoms with Crippen LogP contribution in [-0.2, 0) is 17.8 Å². The molecule has 1 N–H and O–H groups in total. The summed E-state index contributed by atoms with van der Waals surface area (Å²) in [7, 11) is 1.62. The van der Waals surface area contributed by atoms with Crippen LogP contribution in [0.4, 0.5) is 5.69 Å². The number of nitrogens with one attached hydrogen (secondary N) is 1. The summed E-state index contributed by atoms with van der Waals surface area (Å²) in [6, 6.07) is 3.36. The van der Waals surface area contributed by atoms with Crippen LogP contribution >= 0.6 is 11.3 Å². The molecule has 0 amide bonds. The van der Waals surface area contributed by atoms with Gasteiger partial charge in [0.2, 0.25) is 0 Å². The second kappa shape index (κ2) is 6.49. The monoisotopic (exact) mass is 279 g/mol. The first-order valence-corrected chi connectivity index (χ1v) is 6.85. The number of rotatable bonds is 6. The molecule has 0 saturated carbocycles. The molecule has 0 radical (unpaired) electrons. The molecule has 0 saturated heterocycles. The van der Waals surface area contributed by atoms with Gasteiger partial charge in [-0.1, -0.05) is 0 Å². The predicted molar refractivity (Wildman–Crippen MR) is 76.8 cm³/mol. The highest BCUT2D eigenvalue weighted by molar-refractivity contribution is 7.11. The van der Waals surface area contributed by atoms with Crippen LogP contribution in [0.2, 0.25) is 0 Å². The van der Waals surface area contributed by atoms with Gasteiger partial charge in [0, 0.05) is 37.0 Å². The fourth-order valence-electron chi connectivity index (χ4n) is 1.68. The summed E-state index contributed by atoms with van der Waals surface area (Å²) >= 11 is 1.67. The minimum atomic E-state index is -0.0174. The van der Waals surface area contributed by atoms with Crippen LogP contribution in [0.5, 0.6) is 0 Å². The normalized spacial score (nSPS) is 10.6. The molecule has 2 aromatic rings. The maximum Gasteiger partial charge on any atom is 0.250 e. The molecule has 2 heterocycles. The lowest BCUT2D eigenvalue weighted by atomic mass is 10.4. The van der Waals surface area contributed by atoms with E-state index in [1.807, 2.05) is 19.3 Å². The van der Waals surface area contributed by atoms with E-state index in [4.69, 9.17) is 4.74 Å². The zero-order valence-corrected chi connectivity index (χ0v) is 11.9. The van der Waals surface area contributed by atoms with Crippen molar-refractivity contribution in [3.05, 3.63) is 44.8 Å². The molecule has 0 spiro atoms. The van der Waals surface area contributed by atoms with Crippen molar-refractivity contribution in [3.63, 3.8) is 0 Å². The summed E-state index contributed by atoms with van der Waals surface area (Å²) in [5, 5.41) is 4.35. The molecule has 0 bridgehead atoms. The molecule has 0 aliphatic carbocycles. The Bertz CT molecular complexity index is 592. The highest BCUT2D eigenvalue weighted by Gasteiger charge is 2.01. The summed E-state index contributed by atoms with van der Waals surface area (Å²) in [5.41, 5.74) is 0.901. The molecule has 0 fully saturated rings. The van der Waals surface area contributed by atoms with E-state index in [0.717, 1.165) is 10.7 Å². The van der Waals surface area contributed by atoms with Crippen LogP contribution in [0, 0.1) is 6.92 Å². The number of aromatic nitrogens is 2. The Morgan fingerprint density at radius 3 is 3.00 bits per heavy atom. The van der Waals surface area contributed by atoms with E-state index < -0.39 is 0 Å². The minimum absolute atomic E-state index is 0.0174. The number of pyridine rings is 1. The smallest absolute Gasteiger partial charge is 0.250 e. The Labute approximate surface area is 115 Å². The Kier molecular flexibility index (Phi) is 4.70. The summed E-state index contributed by atoms with van der Waals surface area (Å²) in [6.07, 6.45) is 3.68. The van der Waals surface area contributed by atoms with E-state index in [-0.39, 0.29) is 5.56 Å². The van der Waals surface area contributed by atoms with Crippen molar-refractivity contribution in [3.8, 4) is 0 Å². The van der Waals surface area contributed by atoms with Crippen LogP contribution in [-0.4, -0.2) is 23.3 Å². The fourth-order valence-corrected chi connectivity index (χ4v) is 2.41. The predicted octanol–water partition coefficient (Wildman–Crippen LogP) is 1.87. The number of thiazole rings is 1. The molecule has 102 valence electrons. The quantitative estimate of drug-likeness (QED) is 0.877. The maximum absolute atomic E-state index is 11.6. The second-order valence-corrected chi connectivity index (χ2v) is 5.46. The maximum atomic E-state index is 11.6. The first kappa shape index (κ1) is 13.8. The van der Waals surface area contributed by atoms with Crippen molar-refractivity contribution >= 4 is 17.0 Å². The summed E-state index contributed by atoms with van der Waals surface area (Å²) in [6.45, 7) is 3.79. The van der Waals surface area contributed by atoms with Crippen LogP contribution in [0.15, 0.2) is 29.3 Å². The highest BCUT2D eigenvalue weighted by Crippen LogP contribution is 2.13. The molecule has 0 aliphatic heterocycles. The van der Waals surface area contributed by atoms with Gasteiger partial charge in [-0.25, -0.2) is 4.98 Å². The molecule has 2 aromatic heterocycles. The van der Waals surface area contributed by atoms with Gasteiger partial charge < -0.3 is 14.6 Å². The number of hydrogen-bond acceptors (Lipinski definition) is 5. The third-order valence-electron chi connectivity index (χ3n) is 2.66. The molecule has 5 nitrogen and oxygen atoms in total. The highest BCUT2D eigenvalue weighted by atomic mass is 32.1. The zero-order chi connectivity index (χ0) is 13.7. The third-order valence-corrected chi connectivity index (χ3v) is 3.57. The molecular weight excluding hydrogens is 262 g/mol. The van der Waals surface area contributed by atoms with Crippen molar-refractivity contribution in [2.75, 3.05) is 19.0 Å². The molecule has 6 heteroatoms. The van der Waals surface area contributed by atoms with Gasteiger partial charge in [0.25, 0.3) is 5.56 Å².